The summed E-state index contributed by atoms with van der Waals surface area (Å²) in [6.45, 7) is 6.03. The molecule has 2 fully saturated rings. The highest BCUT2D eigenvalue weighted by atomic mass is 16.5. The lowest BCUT2D eigenvalue weighted by atomic mass is 9.82. The summed E-state index contributed by atoms with van der Waals surface area (Å²) in [5.74, 6) is 0.959. The van der Waals surface area contributed by atoms with Crippen LogP contribution in [-0.4, -0.2) is 17.5 Å². The molecule has 0 aromatic heterocycles. The van der Waals surface area contributed by atoms with Gasteiger partial charge in [0.25, 0.3) is 0 Å². The zero-order valence-corrected chi connectivity index (χ0v) is 12.2. The fourth-order valence-electron chi connectivity index (χ4n) is 3.82. The van der Waals surface area contributed by atoms with Crippen LogP contribution in [0.2, 0.25) is 0 Å². The van der Waals surface area contributed by atoms with E-state index in [4.69, 9.17) is 4.74 Å². The standard InChI is InChI=1S/C16H28O2/c1-12(2)15(13(3)17)11-14-7-10-16(18-14)8-5-4-6-9-16/h12,14-15H,4-11H2,1-3H3. The molecule has 2 rings (SSSR count). The molecular weight excluding hydrogens is 224 g/mol. The first kappa shape index (κ1) is 14.0. The molecule has 0 radical (unpaired) electrons. The third kappa shape index (κ3) is 3.14. The van der Waals surface area contributed by atoms with Gasteiger partial charge in [0.2, 0.25) is 0 Å². The van der Waals surface area contributed by atoms with Gasteiger partial charge in [0.1, 0.15) is 5.78 Å². The van der Waals surface area contributed by atoms with Crippen molar-refractivity contribution in [1.29, 1.82) is 0 Å². The third-order valence-corrected chi connectivity index (χ3v) is 4.95. The van der Waals surface area contributed by atoms with E-state index in [-0.39, 0.29) is 11.5 Å². The quantitative estimate of drug-likeness (QED) is 0.752. The van der Waals surface area contributed by atoms with E-state index >= 15 is 0 Å². The second-order valence-electron chi connectivity index (χ2n) is 6.72. The Kier molecular flexibility index (Phi) is 4.47. The van der Waals surface area contributed by atoms with Gasteiger partial charge in [0.05, 0.1) is 11.7 Å². The molecule has 0 bridgehead atoms. The Balaban J connectivity index is 1.90. The van der Waals surface area contributed by atoms with E-state index in [0.717, 1.165) is 12.8 Å². The van der Waals surface area contributed by atoms with E-state index in [1.165, 1.54) is 38.5 Å². The first-order valence-electron chi connectivity index (χ1n) is 7.71. The summed E-state index contributed by atoms with van der Waals surface area (Å²) in [6.07, 6.45) is 10.2. The molecule has 1 saturated heterocycles. The number of carbonyl (C=O) groups is 1. The number of ketones is 1. The van der Waals surface area contributed by atoms with Gasteiger partial charge in [-0.3, -0.25) is 4.79 Å². The maximum Gasteiger partial charge on any atom is 0.133 e. The minimum absolute atomic E-state index is 0.189. The Morgan fingerprint density at radius 3 is 2.44 bits per heavy atom. The van der Waals surface area contributed by atoms with Crippen molar-refractivity contribution in [3.05, 3.63) is 0 Å². The molecule has 1 aliphatic carbocycles. The highest BCUT2D eigenvalue weighted by molar-refractivity contribution is 5.78. The predicted octanol–water partition coefficient (Wildman–Crippen LogP) is 4.12. The number of carbonyl (C=O) groups excluding carboxylic acids is 1. The lowest BCUT2D eigenvalue weighted by Gasteiger charge is -2.34. The predicted molar refractivity (Wildman–Crippen MR) is 73.5 cm³/mol. The van der Waals surface area contributed by atoms with Crippen molar-refractivity contribution in [3.8, 4) is 0 Å². The Morgan fingerprint density at radius 1 is 1.22 bits per heavy atom. The SMILES string of the molecule is CC(=O)C(CC1CCC2(CCCCC2)O1)C(C)C. The van der Waals surface area contributed by atoms with Crippen LogP contribution in [0.15, 0.2) is 0 Å². The van der Waals surface area contributed by atoms with Gasteiger partial charge in [-0.15, -0.1) is 0 Å². The molecule has 104 valence electrons. The minimum atomic E-state index is 0.189. The molecule has 2 aliphatic rings. The van der Waals surface area contributed by atoms with E-state index < -0.39 is 0 Å². The summed E-state index contributed by atoms with van der Waals surface area (Å²) in [6, 6.07) is 0. The second kappa shape index (κ2) is 5.73. The van der Waals surface area contributed by atoms with Gasteiger partial charge in [-0.1, -0.05) is 33.1 Å². The highest BCUT2D eigenvalue weighted by Gasteiger charge is 2.41. The van der Waals surface area contributed by atoms with Gasteiger partial charge in [0, 0.05) is 5.92 Å². The summed E-state index contributed by atoms with van der Waals surface area (Å²) >= 11 is 0. The van der Waals surface area contributed by atoms with Crippen LogP contribution in [0.5, 0.6) is 0 Å². The Hall–Kier alpha value is -0.370. The molecular formula is C16H28O2. The largest absolute Gasteiger partial charge is 0.372 e. The average Bonchev–Trinajstić information content (AvgIpc) is 2.69. The smallest absolute Gasteiger partial charge is 0.133 e. The van der Waals surface area contributed by atoms with Crippen molar-refractivity contribution in [2.24, 2.45) is 11.8 Å². The van der Waals surface area contributed by atoms with Gasteiger partial charge in [-0.05, 0) is 44.9 Å². The van der Waals surface area contributed by atoms with E-state index in [1.54, 1.807) is 6.92 Å². The summed E-state index contributed by atoms with van der Waals surface area (Å²) in [5.41, 5.74) is 0.196. The lowest BCUT2D eigenvalue weighted by Crippen LogP contribution is -2.32. The third-order valence-electron chi connectivity index (χ3n) is 4.95. The van der Waals surface area contributed by atoms with Gasteiger partial charge in [-0.2, -0.15) is 0 Å². The van der Waals surface area contributed by atoms with Crippen LogP contribution in [0.3, 0.4) is 0 Å². The molecule has 2 heteroatoms. The zero-order valence-electron chi connectivity index (χ0n) is 12.2. The average molecular weight is 252 g/mol. The molecule has 1 saturated carbocycles. The molecule has 1 aliphatic heterocycles. The van der Waals surface area contributed by atoms with Crippen LogP contribution in [0, 0.1) is 11.8 Å². The fraction of sp³-hybridized carbons (Fsp3) is 0.938. The summed E-state index contributed by atoms with van der Waals surface area (Å²) in [7, 11) is 0. The first-order valence-corrected chi connectivity index (χ1v) is 7.71. The monoisotopic (exact) mass is 252 g/mol. The van der Waals surface area contributed by atoms with Crippen LogP contribution < -0.4 is 0 Å². The van der Waals surface area contributed by atoms with Crippen LogP contribution in [0.4, 0.5) is 0 Å². The normalized spacial score (nSPS) is 28.8. The van der Waals surface area contributed by atoms with Crippen molar-refractivity contribution in [2.45, 2.75) is 83.8 Å². The second-order valence-corrected chi connectivity index (χ2v) is 6.72. The number of rotatable bonds is 4. The van der Waals surface area contributed by atoms with Crippen molar-refractivity contribution in [1.82, 2.24) is 0 Å². The molecule has 2 atom stereocenters. The number of Topliss-reactive ketones (excluding diaryl/α,β-unsaturated/α-hetero) is 1. The fourth-order valence-corrected chi connectivity index (χ4v) is 3.82. The van der Waals surface area contributed by atoms with Crippen LogP contribution in [0.1, 0.15) is 72.1 Å². The lowest BCUT2D eigenvalue weighted by molar-refractivity contribution is -0.125. The number of hydrogen-bond acceptors (Lipinski definition) is 2. The van der Waals surface area contributed by atoms with E-state index in [0.29, 0.717) is 17.8 Å². The molecule has 1 spiro atoms. The van der Waals surface area contributed by atoms with Crippen molar-refractivity contribution in [3.63, 3.8) is 0 Å². The Morgan fingerprint density at radius 2 is 1.89 bits per heavy atom. The molecule has 0 aromatic carbocycles. The maximum absolute atomic E-state index is 11.7. The summed E-state index contributed by atoms with van der Waals surface area (Å²) < 4.78 is 6.37. The maximum atomic E-state index is 11.7. The van der Waals surface area contributed by atoms with Gasteiger partial charge in [0.15, 0.2) is 0 Å². The first-order chi connectivity index (χ1) is 8.52. The molecule has 0 amide bonds. The molecule has 0 aromatic rings. The van der Waals surface area contributed by atoms with Crippen LogP contribution >= 0.6 is 0 Å². The number of hydrogen-bond donors (Lipinski definition) is 0. The van der Waals surface area contributed by atoms with E-state index in [9.17, 15) is 4.79 Å². The number of ether oxygens (including phenoxy) is 1. The minimum Gasteiger partial charge on any atom is -0.372 e. The highest BCUT2D eigenvalue weighted by Crippen LogP contribution is 2.43. The summed E-state index contributed by atoms with van der Waals surface area (Å²) in [4.78, 5) is 11.7. The van der Waals surface area contributed by atoms with Crippen LogP contribution in [-0.2, 0) is 9.53 Å². The Labute approximate surface area is 111 Å². The molecule has 0 N–H and O–H groups in total. The van der Waals surface area contributed by atoms with Crippen molar-refractivity contribution in [2.75, 3.05) is 0 Å². The zero-order chi connectivity index (χ0) is 13.2. The van der Waals surface area contributed by atoms with Crippen molar-refractivity contribution >= 4 is 5.78 Å². The van der Waals surface area contributed by atoms with E-state index in [2.05, 4.69) is 13.8 Å². The van der Waals surface area contributed by atoms with Gasteiger partial charge < -0.3 is 4.74 Å². The molecule has 2 nitrogen and oxygen atoms in total. The van der Waals surface area contributed by atoms with Gasteiger partial charge >= 0.3 is 0 Å². The van der Waals surface area contributed by atoms with E-state index in [1.807, 2.05) is 0 Å². The molecule has 2 unspecified atom stereocenters. The summed E-state index contributed by atoms with van der Waals surface area (Å²) in [5, 5.41) is 0. The Bertz CT molecular complexity index is 289. The van der Waals surface area contributed by atoms with Gasteiger partial charge in [-0.25, -0.2) is 0 Å². The molecule has 1 heterocycles. The van der Waals surface area contributed by atoms with Crippen LogP contribution in [0.25, 0.3) is 0 Å². The molecule has 18 heavy (non-hydrogen) atoms. The van der Waals surface area contributed by atoms with Crippen molar-refractivity contribution < 1.29 is 9.53 Å². The topological polar surface area (TPSA) is 26.3 Å².